The van der Waals surface area contributed by atoms with Gasteiger partial charge in [-0.15, -0.1) is 0 Å². The maximum absolute atomic E-state index is 10.4. The number of benzene rings is 2. The van der Waals surface area contributed by atoms with Crippen LogP contribution < -0.4 is 19.9 Å². The van der Waals surface area contributed by atoms with Crippen molar-refractivity contribution in [1.29, 1.82) is 0 Å². The lowest BCUT2D eigenvalue weighted by Gasteiger charge is -2.38. The Bertz CT molecular complexity index is 838. The smallest absolute Gasteiger partial charge is 0.162 e. The van der Waals surface area contributed by atoms with Crippen molar-refractivity contribution in [3.63, 3.8) is 0 Å². The van der Waals surface area contributed by atoms with Gasteiger partial charge < -0.3 is 25.1 Å². The molecule has 0 amide bonds. The molecule has 1 aliphatic heterocycles. The van der Waals surface area contributed by atoms with Crippen LogP contribution in [-0.2, 0) is 12.8 Å². The Balaban J connectivity index is 2.02. The number of aromatic hydroxyl groups is 1. The Morgan fingerprint density at radius 3 is 2.36 bits per heavy atom. The topological polar surface area (TPSA) is 77.2 Å². The molecule has 1 atom stereocenters. The number of nitrogens with zero attached hydrogens (tertiary/aromatic N) is 1. The van der Waals surface area contributed by atoms with Crippen molar-refractivity contribution in [3.8, 4) is 23.0 Å². The van der Waals surface area contributed by atoms with Gasteiger partial charge >= 0.3 is 0 Å². The summed E-state index contributed by atoms with van der Waals surface area (Å²) in [6, 6.07) is 7.70. The minimum Gasteiger partial charge on any atom is -0.504 e. The van der Waals surface area contributed by atoms with Crippen LogP contribution in [0.3, 0.4) is 0 Å². The number of nitrogen functional groups attached to an aromatic ring is 1. The van der Waals surface area contributed by atoms with Crippen LogP contribution >= 0.6 is 0 Å². The lowest BCUT2D eigenvalue weighted by atomic mass is 9.87. The third kappa shape index (κ3) is 3.83. The van der Waals surface area contributed by atoms with Gasteiger partial charge in [-0.05, 0) is 60.7 Å². The van der Waals surface area contributed by atoms with E-state index in [2.05, 4.69) is 11.8 Å². The summed E-state index contributed by atoms with van der Waals surface area (Å²) in [5.74, 6) is 1.99. The highest BCUT2D eigenvalue weighted by molar-refractivity contribution is 5.59. The Morgan fingerprint density at radius 1 is 1.04 bits per heavy atom. The number of rotatable bonds is 7. The molecule has 2 aromatic carbocycles. The predicted octanol–water partition coefficient (Wildman–Crippen LogP) is 3.55. The van der Waals surface area contributed by atoms with Crippen LogP contribution in [0.2, 0.25) is 0 Å². The van der Waals surface area contributed by atoms with E-state index < -0.39 is 0 Å². The summed E-state index contributed by atoms with van der Waals surface area (Å²) in [4.78, 5) is 2.46. The van der Waals surface area contributed by atoms with Gasteiger partial charge in [-0.1, -0.05) is 6.92 Å². The standard InChI is InChI=1S/C22H30N2O4/c1-5-7-24-8-6-14-10-20(26-2)19(25)12-16(14)18(24)9-15-11-21(27-3)22(28-4)13-17(15)23/h10-13,18,25H,5-9,23H2,1-4H3. The second-order valence-electron chi connectivity index (χ2n) is 7.13. The summed E-state index contributed by atoms with van der Waals surface area (Å²) in [7, 11) is 4.81. The number of nitrogens with two attached hydrogens (primary N) is 1. The highest BCUT2D eigenvalue weighted by atomic mass is 16.5. The minimum absolute atomic E-state index is 0.126. The molecule has 0 fully saturated rings. The summed E-state index contributed by atoms with van der Waals surface area (Å²) >= 11 is 0. The van der Waals surface area contributed by atoms with E-state index >= 15 is 0 Å². The monoisotopic (exact) mass is 386 g/mol. The highest BCUT2D eigenvalue weighted by Gasteiger charge is 2.29. The molecule has 6 heteroatoms. The van der Waals surface area contributed by atoms with Crippen molar-refractivity contribution in [1.82, 2.24) is 4.90 Å². The van der Waals surface area contributed by atoms with E-state index in [1.165, 1.54) is 5.56 Å². The average Bonchev–Trinajstić information content (AvgIpc) is 2.70. The van der Waals surface area contributed by atoms with Gasteiger partial charge in [0, 0.05) is 24.3 Å². The molecule has 1 heterocycles. The highest BCUT2D eigenvalue weighted by Crippen LogP contribution is 2.41. The lowest BCUT2D eigenvalue weighted by molar-refractivity contribution is 0.183. The molecule has 1 aliphatic rings. The molecule has 0 aliphatic carbocycles. The number of phenolic OH excluding ortho intramolecular Hbond substituents is 1. The van der Waals surface area contributed by atoms with Crippen molar-refractivity contribution < 1.29 is 19.3 Å². The van der Waals surface area contributed by atoms with E-state index in [-0.39, 0.29) is 11.8 Å². The molecule has 6 nitrogen and oxygen atoms in total. The Labute approximate surface area is 166 Å². The third-order valence-corrected chi connectivity index (χ3v) is 5.48. The number of hydrogen-bond acceptors (Lipinski definition) is 6. The molecular weight excluding hydrogens is 356 g/mol. The molecule has 0 saturated carbocycles. The van der Waals surface area contributed by atoms with E-state index in [9.17, 15) is 5.11 Å². The first-order chi connectivity index (χ1) is 13.5. The van der Waals surface area contributed by atoms with E-state index in [1.807, 2.05) is 24.3 Å². The fourth-order valence-corrected chi connectivity index (χ4v) is 4.05. The van der Waals surface area contributed by atoms with E-state index in [1.54, 1.807) is 21.3 Å². The van der Waals surface area contributed by atoms with Gasteiger partial charge in [0.15, 0.2) is 23.0 Å². The molecule has 0 bridgehead atoms. The van der Waals surface area contributed by atoms with Crippen LogP contribution in [0.1, 0.15) is 36.1 Å². The van der Waals surface area contributed by atoms with Gasteiger partial charge in [0.1, 0.15) is 0 Å². The second-order valence-corrected chi connectivity index (χ2v) is 7.13. The Kier molecular flexibility index (Phi) is 6.19. The van der Waals surface area contributed by atoms with Gasteiger partial charge in [-0.25, -0.2) is 0 Å². The Hall–Kier alpha value is -2.60. The van der Waals surface area contributed by atoms with Crippen LogP contribution in [-0.4, -0.2) is 44.4 Å². The largest absolute Gasteiger partial charge is 0.504 e. The summed E-state index contributed by atoms with van der Waals surface area (Å²) < 4.78 is 16.1. The number of hydrogen-bond donors (Lipinski definition) is 2. The molecule has 0 aromatic heterocycles. The molecule has 2 aromatic rings. The predicted molar refractivity (Wildman–Crippen MR) is 111 cm³/mol. The van der Waals surface area contributed by atoms with Gasteiger partial charge in [0.05, 0.1) is 21.3 Å². The number of phenols is 1. The SMILES string of the molecule is CCCN1CCc2cc(OC)c(O)cc2C1Cc1cc(OC)c(OC)cc1N. The van der Waals surface area contributed by atoms with Crippen LogP contribution in [0, 0.1) is 0 Å². The number of methoxy groups -OCH3 is 3. The first-order valence-corrected chi connectivity index (χ1v) is 9.66. The van der Waals surface area contributed by atoms with Crippen LogP contribution in [0.4, 0.5) is 5.69 Å². The maximum Gasteiger partial charge on any atom is 0.162 e. The fourth-order valence-electron chi connectivity index (χ4n) is 4.05. The average molecular weight is 386 g/mol. The van der Waals surface area contributed by atoms with Crippen molar-refractivity contribution in [2.45, 2.75) is 32.2 Å². The Morgan fingerprint density at radius 2 is 1.71 bits per heavy atom. The maximum atomic E-state index is 10.4. The summed E-state index contributed by atoms with van der Waals surface area (Å²) in [5.41, 5.74) is 10.4. The van der Waals surface area contributed by atoms with Crippen molar-refractivity contribution in [2.24, 2.45) is 0 Å². The lowest BCUT2D eigenvalue weighted by Crippen LogP contribution is -2.37. The zero-order chi connectivity index (χ0) is 20.3. The first kappa shape index (κ1) is 20.1. The molecule has 28 heavy (non-hydrogen) atoms. The van der Waals surface area contributed by atoms with Crippen LogP contribution in [0.5, 0.6) is 23.0 Å². The third-order valence-electron chi connectivity index (χ3n) is 5.48. The fraction of sp³-hybridized carbons (Fsp3) is 0.455. The van der Waals surface area contributed by atoms with Gasteiger partial charge in [0.25, 0.3) is 0 Å². The molecule has 0 saturated heterocycles. The normalized spacial score (nSPS) is 16.5. The molecule has 1 unspecified atom stereocenters. The molecular formula is C22H30N2O4. The quantitative estimate of drug-likeness (QED) is 0.709. The number of anilines is 1. The molecule has 3 rings (SSSR count). The van der Waals surface area contributed by atoms with Gasteiger partial charge in [-0.3, -0.25) is 4.90 Å². The van der Waals surface area contributed by atoms with E-state index in [0.29, 0.717) is 22.9 Å². The van der Waals surface area contributed by atoms with Gasteiger partial charge in [0.2, 0.25) is 0 Å². The zero-order valence-electron chi connectivity index (χ0n) is 17.1. The molecule has 3 N–H and O–H groups in total. The van der Waals surface area contributed by atoms with Crippen LogP contribution in [0.25, 0.3) is 0 Å². The summed E-state index contributed by atoms with van der Waals surface area (Å²) in [5, 5.41) is 10.4. The first-order valence-electron chi connectivity index (χ1n) is 9.66. The second kappa shape index (κ2) is 8.61. The van der Waals surface area contributed by atoms with E-state index in [0.717, 1.165) is 43.5 Å². The van der Waals surface area contributed by atoms with Crippen molar-refractivity contribution >= 4 is 5.69 Å². The van der Waals surface area contributed by atoms with Crippen molar-refractivity contribution in [2.75, 3.05) is 40.2 Å². The molecule has 0 spiro atoms. The van der Waals surface area contributed by atoms with Crippen molar-refractivity contribution in [3.05, 3.63) is 41.0 Å². The van der Waals surface area contributed by atoms with Gasteiger partial charge in [-0.2, -0.15) is 0 Å². The summed E-state index contributed by atoms with van der Waals surface area (Å²) in [6.45, 7) is 4.14. The van der Waals surface area contributed by atoms with E-state index in [4.69, 9.17) is 19.9 Å². The zero-order valence-corrected chi connectivity index (χ0v) is 17.1. The molecule has 0 radical (unpaired) electrons. The molecule has 152 valence electrons. The number of fused-ring (bicyclic) bond motifs is 1. The minimum atomic E-state index is 0.126. The summed E-state index contributed by atoms with van der Waals surface area (Å²) in [6.07, 6.45) is 2.73. The number of ether oxygens (including phenoxy) is 3. The van der Waals surface area contributed by atoms with Crippen LogP contribution in [0.15, 0.2) is 24.3 Å².